The molecule has 0 saturated heterocycles. The van der Waals surface area contributed by atoms with Crippen LogP contribution < -0.4 is 10.6 Å². The second kappa shape index (κ2) is 7.52. The number of hydrogen-bond donors (Lipinski definition) is 3. The van der Waals surface area contributed by atoms with Gasteiger partial charge in [0.1, 0.15) is 17.6 Å². The molecule has 3 heterocycles. The van der Waals surface area contributed by atoms with Crippen LogP contribution in [-0.4, -0.2) is 42.8 Å². The zero-order valence-corrected chi connectivity index (χ0v) is 18.3. The molecule has 3 aliphatic rings. The molecule has 8 nitrogen and oxygen atoms in total. The first-order chi connectivity index (χ1) is 14.8. The van der Waals surface area contributed by atoms with Gasteiger partial charge in [0.05, 0.1) is 18.7 Å². The number of sulfonamides is 1. The third-order valence-electron chi connectivity index (χ3n) is 6.46. The van der Waals surface area contributed by atoms with Gasteiger partial charge in [-0.2, -0.15) is 10.8 Å². The zero-order chi connectivity index (χ0) is 21.6. The quantitative estimate of drug-likeness (QED) is 0.492. The minimum absolute atomic E-state index is 0.0151. The molecule has 2 aromatic rings. The molecule has 0 bridgehead atoms. The molecule has 5 rings (SSSR count). The fourth-order valence-corrected chi connectivity index (χ4v) is 5.33. The van der Waals surface area contributed by atoms with Crippen molar-refractivity contribution < 1.29 is 13.0 Å². The van der Waals surface area contributed by atoms with E-state index in [-0.39, 0.29) is 10.5 Å². The maximum absolute atomic E-state index is 11.4. The number of nitrogens with one attached hydrogen (secondary N) is 2. The highest BCUT2D eigenvalue weighted by Crippen LogP contribution is 2.41. The minimum atomic E-state index is -3.15. The van der Waals surface area contributed by atoms with E-state index in [0.717, 1.165) is 59.5 Å². The van der Waals surface area contributed by atoms with Crippen molar-refractivity contribution in [1.29, 1.82) is 0 Å². The van der Waals surface area contributed by atoms with Crippen molar-refractivity contribution in [2.75, 3.05) is 12.8 Å². The van der Waals surface area contributed by atoms with Crippen molar-refractivity contribution in [3.63, 3.8) is 0 Å². The van der Waals surface area contributed by atoms with Crippen LogP contribution in [0.5, 0.6) is 0 Å². The highest BCUT2D eigenvalue weighted by molar-refractivity contribution is 7.88. The fourth-order valence-electron chi connectivity index (χ4n) is 4.79. The molecule has 9 heteroatoms. The summed E-state index contributed by atoms with van der Waals surface area (Å²) < 4.78 is 25.5. The number of fused-ring (bicyclic) bond motifs is 2. The van der Waals surface area contributed by atoms with Crippen LogP contribution in [-0.2, 0) is 10.0 Å². The largest absolute Gasteiger partial charge is 0.349 e. The Morgan fingerprint density at radius 3 is 2.74 bits per heavy atom. The second-order valence-electron chi connectivity index (χ2n) is 8.67. The highest BCUT2D eigenvalue weighted by atomic mass is 32.2. The predicted octanol–water partition coefficient (Wildman–Crippen LogP) is 2.74. The monoisotopic (exact) mass is 439 g/mol. The van der Waals surface area contributed by atoms with E-state index >= 15 is 0 Å². The number of aromatic amines is 1. The summed E-state index contributed by atoms with van der Waals surface area (Å²) in [7, 11) is -3.15. The molecular formula is C22H27N6O2S+. The molecule has 0 radical (unpaired) electrons. The first kappa shape index (κ1) is 20.3. The second-order valence-corrected chi connectivity index (χ2v) is 10.5. The van der Waals surface area contributed by atoms with Crippen LogP contribution in [0.4, 0.5) is 0 Å². The summed E-state index contributed by atoms with van der Waals surface area (Å²) in [4.78, 5) is 12.9. The van der Waals surface area contributed by atoms with E-state index in [2.05, 4.69) is 26.8 Å². The number of nitrogens with zero attached hydrogens (tertiary/aromatic N) is 3. The van der Waals surface area contributed by atoms with Gasteiger partial charge in [0.2, 0.25) is 15.7 Å². The number of aliphatic imine (C=N–C) groups is 2. The van der Waals surface area contributed by atoms with Gasteiger partial charge < -0.3 is 4.98 Å². The molecule has 0 spiro atoms. The predicted molar refractivity (Wildman–Crippen MR) is 122 cm³/mol. The summed E-state index contributed by atoms with van der Waals surface area (Å²) in [5, 5.41) is 1.12. The van der Waals surface area contributed by atoms with Crippen LogP contribution in [0.3, 0.4) is 0 Å². The molecule has 1 unspecified atom stereocenters. The van der Waals surface area contributed by atoms with Crippen LogP contribution >= 0.6 is 0 Å². The van der Waals surface area contributed by atoms with E-state index in [1.54, 1.807) is 6.20 Å². The Labute approximate surface area is 181 Å². The standard InChI is InChI=1S/C22H27N6O2S/c1-31(29,30)25-13-15-6-8-16(9-7-15)21-20-14-24-10-11-28(20,23)22(27-21)19-12-17-4-2-3-5-18(17)26-19/h2-5,10-12,14-16,25-26H,6-9,13,23H2,1H3/q+1. The topological polar surface area (TPSA) is 113 Å². The third kappa shape index (κ3) is 3.78. The van der Waals surface area contributed by atoms with Crippen LogP contribution in [0.15, 0.2) is 64.1 Å². The smallest absolute Gasteiger partial charge is 0.281 e. The number of quaternary nitrogens is 1. The van der Waals surface area contributed by atoms with Gasteiger partial charge in [0, 0.05) is 23.4 Å². The molecule has 4 N–H and O–H groups in total. The van der Waals surface area contributed by atoms with E-state index in [0.29, 0.717) is 12.5 Å². The lowest BCUT2D eigenvalue weighted by Crippen LogP contribution is -2.53. The van der Waals surface area contributed by atoms with E-state index in [4.69, 9.17) is 10.8 Å². The maximum atomic E-state index is 11.4. The van der Waals surface area contributed by atoms with Gasteiger partial charge in [0.15, 0.2) is 0 Å². The van der Waals surface area contributed by atoms with Gasteiger partial charge in [-0.15, -0.1) is 4.59 Å². The summed E-state index contributed by atoms with van der Waals surface area (Å²) in [6.45, 7) is 0.502. The minimum Gasteiger partial charge on any atom is -0.349 e. The molecule has 1 aromatic heterocycles. The van der Waals surface area contributed by atoms with Gasteiger partial charge in [-0.25, -0.2) is 13.1 Å². The average Bonchev–Trinajstić information content (AvgIpc) is 3.30. The number of H-pyrrole nitrogens is 1. The van der Waals surface area contributed by atoms with Crippen LogP contribution in [0.2, 0.25) is 0 Å². The summed E-state index contributed by atoms with van der Waals surface area (Å²) in [5.74, 6) is 8.26. The zero-order valence-electron chi connectivity index (χ0n) is 17.5. The number of para-hydroxylation sites is 1. The lowest BCUT2D eigenvalue weighted by Gasteiger charge is -2.29. The summed E-state index contributed by atoms with van der Waals surface area (Å²) >= 11 is 0. The van der Waals surface area contributed by atoms with Gasteiger partial charge in [-0.3, -0.25) is 4.99 Å². The van der Waals surface area contributed by atoms with Crippen molar-refractivity contribution in [3.8, 4) is 0 Å². The molecule has 162 valence electrons. The maximum Gasteiger partial charge on any atom is 0.281 e. The first-order valence-corrected chi connectivity index (χ1v) is 12.5. The molecule has 1 fully saturated rings. The Balaban J connectivity index is 1.42. The number of nitrogens with two attached hydrogens (primary N) is 1. The van der Waals surface area contributed by atoms with Crippen molar-refractivity contribution in [3.05, 3.63) is 59.8 Å². The Morgan fingerprint density at radius 1 is 1.23 bits per heavy atom. The Kier molecular flexibility index (Phi) is 4.93. The number of amidine groups is 1. The van der Waals surface area contributed by atoms with Crippen LogP contribution in [0.1, 0.15) is 31.4 Å². The first-order valence-electron chi connectivity index (χ1n) is 10.6. The van der Waals surface area contributed by atoms with Gasteiger partial charge >= 0.3 is 0 Å². The molecule has 2 aliphatic heterocycles. The number of benzene rings is 1. The van der Waals surface area contributed by atoms with Crippen molar-refractivity contribution in [2.45, 2.75) is 25.7 Å². The Bertz CT molecular complexity index is 1210. The molecular weight excluding hydrogens is 412 g/mol. The number of hydrogen-bond acceptors (Lipinski definition) is 5. The number of rotatable bonds is 5. The normalized spacial score (nSPS) is 28.3. The molecule has 1 aromatic carbocycles. The van der Waals surface area contributed by atoms with E-state index in [1.165, 1.54) is 6.26 Å². The summed E-state index contributed by atoms with van der Waals surface area (Å²) in [5.41, 5.74) is 3.87. The van der Waals surface area contributed by atoms with E-state index in [9.17, 15) is 8.42 Å². The lowest BCUT2D eigenvalue weighted by molar-refractivity contribution is -0.750. The van der Waals surface area contributed by atoms with Gasteiger partial charge in [-0.1, -0.05) is 18.2 Å². The SMILES string of the molecule is CS(=O)(=O)NCC1CCC(C2=C3C=NC=C[N+]3(N)C(c3cc4ccccc4[nH]3)=N2)CC1. The van der Waals surface area contributed by atoms with Crippen molar-refractivity contribution >= 4 is 33.0 Å². The molecule has 0 amide bonds. The lowest BCUT2D eigenvalue weighted by atomic mass is 9.80. The molecule has 31 heavy (non-hydrogen) atoms. The fraction of sp³-hybridized carbons (Fsp3) is 0.364. The number of allylic oxidation sites excluding steroid dienone is 2. The van der Waals surface area contributed by atoms with E-state index < -0.39 is 10.0 Å². The molecule has 1 aliphatic carbocycles. The highest BCUT2D eigenvalue weighted by Gasteiger charge is 2.46. The Hall–Kier alpha value is -2.59. The van der Waals surface area contributed by atoms with Gasteiger partial charge in [0.25, 0.3) is 5.84 Å². The average molecular weight is 440 g/mol. The van der Waals surface area contributed by atoms with Crippen molar-refractivity contribution in [1.82, 2.24) is 9.71 Å². The van der Waals surface area contributed by atoms with Crippen molar-refractivity contribution in [2.24, 2.45) is 27.7 Å². The third-order valence-corrected chi connectivity index (χ3v) is 7.15. The molecule has 1 atom stereocenters. The van der Waals surface area contributed by atoms with Crippen LogP contribution in [0, 0.1) is 11.8 Å². The summed E-state index contributed by atoms with van der Waals surface area (Å²) in [6, 6.07) is 10.2. The number of aromatic nitrogens is 1. The summed E-state index contributed by atoms with van der Waals surface area (Å²) in [6.07, 6.45) is 10.4. The van der Waals surface area contributed by atoms with Gasteiger partial charge in [-0.05, 0) is 43.7 Å². The molecule has 1 saturated carbocycles. The van der Waals surface area contributed by atoms with Crippen LogP contribution in [0.25, 0.3) is 10.9 Å². The Morgan fingerprint density at radius 2 is 2.00 bits per heavy atom. The van der Waals surface area contributed by atoms with E-state index in [1.807, 2.05) is 30.6 Å².